The monoisotopic (exact) mass is 435 g/mol. The number of likely N-dealkylation sites (N-methyl/N-ethyl adjacent to an activating group) is 1. The van der Waals surface area contributed by atoms with Gasteiger partial charge in [0.05, 0.1) is 49.3 Å². The minimum Gasteiger partial charge on any atom is -0.491 e. The molecule has 0 fully saturated rings. The highest BCUT2D eigenvalue weighted by Crippen LogP contribution is 2.38. The van der Waals surface area contributed by atoms with E-state index in [1.165, 1.54) is 4.90 Å². The number of benzene rings is 2. The topological polar surface area (TPSA) is 64.2 Å². The summed E-state index contributed by atoms with van der Waals surface area (Å²) in [6.45, 7) is 11.6. The largest absolute Gasteiger partial charge is 0.491 e. The molecule has 2 heterocycles. The molecule has 32 heavy (non-hydrogen) atoms. The zero-order valence-electron chi connectivity index (χ0n) is 19.2. The summed E-state index contributed by atoms with van der Waals surface area (Å²) in [6.07, 6.45) is 0.0709. The quantitative estimate of drug-likeness (QED) is 0.591. The van der Waals surface area contributed by atoms with Crippen LogP contribution in [0, 0.1) is 0 Å². The second-order valence-corrected chi connectivity index (χ2v) is 8.51. The Morgan fingerprint density at radius 3 is 2.38 bits per heavy atom. The molecule has 1 aromatic heterocycles. The highest BCUT2D eigenvalue weighted by Gasteiger charge is 2.42. The maximum atomic E-state index is 13.5. The van der Waals surface area contributed by atoms with E-state index in [1.807, 2.05) is 50.2 Å². The molecule has 1 atom stereocenters. The molecule has 1 aliphatic rings. The standard InChI is InChI=1S/C26H30N2O4/c1-5-27(6-2)15-16-28-23(18-11-13-19(14-12-18)31-17(3)4)22-24(29)20-9-7-8-10-21(20)32-25(22)26(28)30/h7-14,17,23H,5-6,15-16H2,1-4H3/p+1/t23-/m0/s1. The smallest absolute Gasteiger partial charge is 0.291 e. The number of quaternary nitrogens is 1. The third-order valence-corrected chi connectivity index (χ3v) is 6.15. The highest BCUT2D eigenvalue weighted by atomic mass is 16.5. The summed E-state index contributed by atoms with van der Waals surface area (Å²) in [5.74, 6) is 0.704. The molecular weight excluding hydrogens is 404 g/mol. The fourth-order valence-electron chi connectivity index (χ4n) is 4.43. The Bertz CT molecular complexity index is 1160. The molecule has 1 aliphatic heterocycles. The first-order valence-electron chi connectivity index (χ1n) is 11.4. The third kappa shape index (κ3) is 4.02. The van der Waals surface area contributed by atoms with Gasteiger partial charge in [-0.15, -0.1) is 0 Å². The Labute approximate surface area is 188 Å². The molecule has 1 amide bonds. The van der Waals surface area contributed by atoms with Gasteiger partial charge in [0.25, 0.3) is 5.91 Å². The van der Waals surface area contributed by atoms with Crippen LogP contribution in [0.3, 0.4) is 0 Å². The third-order valence-electron chi connectivity index (χ3n) is 6.15. The maximum Gasteiger partial charge on any atom is 0.291 e. The lowest BCUT2D eigenvalue weighted by Crippen LogP contribution is -3.12. The molecule has 0 bridgehead atoms. The minimum atomic E-state index is -0.471. The number of para-hydroxylation sites is 1. The number of nitrogens with zero attached hydrogens (tertiary/aromatic N) is 1. The second kappa shape index (κ2) is 9.17. The molecule has 2 aromatic carbocycles. The molecule has 1 N–H and O–H groups in total. The zero-order valence-corrected chi connectivity index (χ0v) is 19.2. The normalized spacial score (nSPS) is 15.8. The van der Waals surface area contributed by atoms with Gasteiger partial charge in [0, 0.05) is 0 Å². The van der Waals surface area contributed by atoms with Crippen LogP contribution >= 0.6 is 0 Å². The van der Waals surface area contributed by atoms with Crippen LogP contribution in [-0.2, 0) is 0 Å². The van der Waals surface area contributed by atoms with E-state index in [4.69, 9.17) is 9.15 Å². The predicted molar refractivity (Wildman–Crippen MR) is 124 cm³/mol. The number of nitrogens with one attached hydrogen (secondary N) is 1. The molecule has 0 unspecified atom stereocenters. The lowest BCUT2D eigenvalue weighted by molar-refractivity contribution is -0.895. The van der Waals surface area contributed by atoms with E-state index < -0.39 is 6.04 Å². The van der Waals surface area contributed by atoms with Crippen molar-refractivity contribution in [1.29, 1.82) is 0 Å². The fraction of sp³-hybridized carbons (Fsp3) is 0.385. The van der Waals surface area contributed by atoms with Crippen LogP contribution in [-0.4, -0.2) is 43.1 Å². The molecule has 0 radical (unpaired) electrons. The van der Waals surface area contributed by atoms with Crippen molar-refractivity contribution >= 4 is 16.9 Å². The molecule has 6 nitrogen and oxygen atoms in total. The first-order chi connectivity index (χ1) is 15.4. The first-order valence-corrected chi connectivity index (χ1v) is 11.4. The Hall–Kier alpha value is -3.12. The van der Waals surface area contributed by atoms with Crippen LogP contribution in [0.1, 0.15) is 55.4 Å². The van der Waals surface area contributed by atoms with Crippen molar-refractivity contribution in [2.24, 2.45) is 0 Å². The number of hydrogen-bond acceptors (Lipinski definition) is 4. The van der Waals surface area contributed by atoms with E-state index in [2.05, 4.69) is 13.8 Å². The number of amides is 1. The molecule has 0 saturated heterocycles. The second-order valence-electron chi connectivity index (χ2n) is 8.51. The maximum absolute atomic E-state index is 13.5. The van der Waals surface area contributed by atoms with E-state index in [9.17, 15) is 9.59 Å². The van der Waals surface area contributed by atoms with Gasteiger partial charge in [-0.1, -0.05) is 24.3 Å². The van der Waals surface area contributed by atoms with Crippen molar-refractivity contribution in [2.45, 2.75) is 39.8 Å². The van der Waals surface area contributed by atoms with Gasteiger partial charge in [-0.25, -0.2) is 0 Å². The van der Waals surface area contributed by atoms with Crippen LogP contribution in [0.5, 0.6) is 5.75 Å². The molecule has 6 heteroatoms. The number of ether oxygens (including phenoxy) is 1. The van der Waals surface area contributed by atoms with Crippen LogP contribution in [0.15, 0.2) is 57.7 Å². The molecular formula is C26H31N2O4+. The molecule has 168 valence electrons. The Balaban J connectivity index is 1.80. The average molecular weight is 436 g/mol. The molecule has 3 aromatic rings. The number of carbonyl (C=O) groups is 1. The van der Waals surface area contributed by atoms with E-state index in [1.54, 1.807) is 17.0 Å². The predicted octanol–water partition coefficient (Wildman–Crippen LogP) is 3.05. The minimum absolute atomic E-state index is 0.0709. The summed E-state index contributed by atoms with van der Waals surface area (Å²) in [5.41, 5.74) is 1.62. The van der Waals surface area contributed by atoms with Crippen molar-refractivity contribution in [2.75, 3.05) is 26.2 Å². The van der Waals surface area contributed by atoms with Gasteiger partial charge < -0.3 is 19.0 Å². The molecule has 4 rings (SSSR count). The van der Waals surface area contributed by atoms with Gasteiger partial charge in [0.1, 0.15) is 11.3 Å². The Morgan fingerprint density at radius 2 is 1.72 bits per heavy atom. The van der Waals surface area contributed by atoms with Gasteiger partial charge in [0.2, 0.25) is 5.76 Å². The van der Waals surface area contributed by atoms with E-state index >= 15 is 0 Å². The summed E-state index contributed by atoms with van der Waals surface area (Å²) in [7, 11) is 0. The average Bonchev–Trinajstić information content (AvgIpc) is 3.07. The van der Waals surface area contributed by atoms with Gasteiger partial charge in [-0.2, -0.15) is 0 Å². The van der Waals surface area contributed by atoms with Crippen molar-refractivity contribution < 1.29 is 18.8 Å². The summed E-state index contributed by atoms with van der Waals surface area (Å²) in [6, 6.07) is 14.3. The molecule has 0 aliphatic carbocycles. The van der Waals surface area contributed by atoms with Crippen molar-refractivity contribution in [3.8, 4) is 5.75 Å². The van der Waals surface area contributed by atoms with Crippen LogP contribution < -0.4 is 15.1 Å². The zero-order chi connectivity index (χ0) is 22.8. The van der Waals surface area contributed by atoms with E-state index in [0.717, 1.165) is 30.9 Å². The lowest BCUT2D eigenvalue weighted by Gasteiger charge is -2.27. The van der Waals surface area contributed by atoms with Crippen LogP contribution in [0.4, 0.5) is 0 Å². The number of hydrogen-bond donors (Lipinski definition) is 1. The van der Waals surface area contributed by atoms with E-state index in [0.29, 0.717) is 23.1 Å². The summed E-state index contributed by atoms with van der Waals surface area (Å²) in [4.78, 5) is 30.1. The first kappa shape index (κ1) is 22.1. The lowest BCUT2D eigenvalue weighted by atomic mass is 9.98. The van der Waals surface area contributed by atoms with Gasteiger partial charge in [-0.05, 0) is 57.5 Å². The SMILES string of the molecule is CC[NH+](CC)CCN1C(=O)c2oc3ccccc3c(=O)c2[C@@H]1c1ccc(OC(C)C)cc1. The number of carbonyl (C=O) groups excluding carboxylic acids is 1. The summed E-state index contributed by atoms with van der Waals surface area (Å²) >= 11 is 0. The molecule has 0 spiro atoms. The fourth-order valence-corrected chi connectivity index (χ4v) is 4.43. The van der Waals surface area contributed by atoms with Gasteiger partial charge >= 0.3 is 0 Å². The van der Waals surface area contributed by atoms with E-state index in [-0.39, 0.29) is 23.2 Å². The van der Waals surface area contributed by atoms with Crippen molar-refractivity contribution in [3.05, 3.63) is 75.6 Å². The van der Waals surface area contributed by atoms with Gasteiger partial charge in [-0.3, -0.25) is 9.59 Å². The van der Waals surface area contributed by atoms with Crippen LogP contribution in [0.25, 0.3) is 11.0 Å². The Kier molecular flexibility index (Phi) is 6.33. The summed E-state index contributed by atoms with van der Waals surface area (Å²) < 4.78 is 11.8. The molecule has 0 saturated carbocycles. The number of fused-ring (bicyclic) bond motifs is 2. The van der Waals surface area contributed by atoms with Crippen molar-refractivity contribution in [3.63, 3.8) is 0 Å². The number of rotatable bonds is 8. The summed E-state index contributed by atoms with van der Waals surface area (Å²) in [5, 5.41) is 0.500. The highest BCUT2D eigenvalue weighted by molar-refractivity contribution is 5.99. The van der Waals surface area contributed by atoms with Crippen molar-refractivity contribution in [1.82, 2.24) is 4.90 Å². The van der Waals surface area contributed by atoms with Crippen LogP contribution in [0.2, 0.25) is 0 Å². The Morgan fingerprint density at radius 1 is 1.03 bits per heavy atom. The van der Waals surface area contributed by atoms with Gasteiger partial charge in [0.15, 0.2) is 5.43 Å².